The van der Waals surface area contributed by atoms with Gasteiger partial charge in [-0.25, -0.2) is 8.42 Å². The topological polar surface area (TPSA) is 84.9 Å². The highest BCUT2D eigenvalue weighted by Crippen LogP contribution is 2.22. The van der Waals surface area contributed by atoms with E-state index in [0.29, 0.717) is 24.5 Å². The molecule has 1 amide bonds. The molecular formula is C20H25BrN2O5S. The zero-order valence-corrected chi connectivity index (χ0v) is 19.0. The summed E-state index contributed by atoms with van der Waals surface area (Å²) in [5.74, 6) is 0.138. The van der Waals surface area contributed by atoms with Crippen LogP contribution in [-0.2, 0) is 19.6 Å². The van der Waals surface area contributed by atoms with Gasteiger partial charge in [0.05, 0.1) is 18.6 Å². The summed E-state index contributed by atoms with van der Waals surface area (Å²) in [5, 5.41) is 2.76. The Bertz CT molecular complexity index is 932. The first-order valence-corrected chi connectivity index (χ1v) is 11.2. The van der Waals surface area contributed by atoms with Crippen LogP contribution in [0.2, 0.25) is 0 Å². The number of anilines is 1. The van der Waals surface area contributed by atoms with Gasteiger partial charge >= 0.3 is 0 Å². The van der Waals surface area contributed by atoms with Crippen molar-refractivity contribution in [1.29, 1.82) is 0 Å². The lowest BCUT2D eigenvalue weighted by Crippen LogP contribution is -2.39. The standard InChI is InChI=1S/C20H25BrN2O5S/c1-15-13-16(5-10-19(15)21)22-20(24)14-23(11-4-12-27-2)29(25,26)18-8-6-17(28-3)7-9-18/h5-10,13H,4,11-12,14H2,1-3H3,(H,22,24). The van der Waals surface area contributed by atoms with Crippen molar-refractivity contribution in [3.8, 4) is 5.75 Å². The largest absolute Gasteiger partial charge is 0.497 e. The molecule has 7 nitrogen and oxygen atoms in total. The molecule has 0 aromatic heterocycles. The number of nitrogens with one attached hydrogen (secondary N) is 1. The summed E-state index contributed by atoms with van der Waals surface area (Å²) in [6.45, 7) is 2.16. The second-order valence-corrected chi connectivity index (χ2v) is 9.16. The van der Waals surface area contributed by atoms with Crippen molar-refractivity contribution in [3.63, 3.8) is 0 Å². The van der Waals surface area contributed by atoms with Crippen molar-refractivity contribution in [3.05, 3.63) is 52.5 Å². The minimum Gasteiger partial charge on any atom is -0.497 e. The summed E-state index contributed by atoms with van der Waals surface area (Å²) in [4.78, 5) is 12.7. The third-order valence-corrected chi connectivity index (χ3v) is 6.96. The Labute approximate surface area is 180 Å². The molecule has 0 fully saturated rings. The maximum Gasteiger partial charge on any atom is 0.243 e. The van der Waals surface area contributed by atoms with Crippen LogP contribution in [0.15, 0.2) is 51.8 Å². The molecule has 0 aliphatic carbocycles. The molecule has 9 heteroatoms. The van der Waals surface area contributed by atoms with Gasteiger partial charge < -0.3 is 14.8 Å². The Morgan fingerprint density at radius 1 is 1.14 bits per heavy atom. The lowest BCUT2D eigenvalue weighted by atomic mass is 10.2. The quantitative estimate of drug-likeness (QED) is 0.522. The summed E-state index contributed by atoms with van der Waals surface area (Å²) in [5.41, 5.74) is 1.57. The van der Waals surface area contributed by atoms with Crippen molar-refractivity contribution in [2.75, 3.05) is 39.2 Å². The number of aryl methyl sites for hydroxylation is 1. The van der Waals surface area contributed by atoms with Gasteiger partial charge in [0.2, 0.25) is 15.9 Å². The van der Waals surface area contributed by atoms with Crippen LogP contribution in [0.5, 0.6) is 5.75 Å². The molecule has 2 rings (SSSR count). The molecule has 0 saturated heterocycles. The average Bonchev–Trinajstić information content (AvgIpc) is 2.70. The number of hydrogen-bond donors (Lipinski definition) is 1. The molecule has 2 aromatic rings. The van der Waals surface area contributed by atoms with E-state index in [1.165, 1.54) is 19.2 Å². The van der Waals surface area contributed by atoms with Gasteiger partial charge in [0, 0.05) is 30.4 Å². The second-order valence-electron chi connectivity index (χ2n) is 6.37. The lowest BCUT2D eigenvalue weighted by Gasteiger charge is -2.22. The van der Waals surface area contributed by atoms with E-state index in [4.69, 9.17) is 9.47 Å². The normalized spacial score (nSPS) is 11.5. The number of sulfonamides is 1. The van der Waals surface area contributed by atoms with E-state index in [2.05, 4.69) is 21.2 Å². The molecule has 0 spiro atoms. The maximum absolute atomic E-state index is 13.1. The highest BCUT2D eigenvalue weighted by atomic mass is 79.9. The molecule has 0 radical (unpaired) electrons. The van der Waals surface area contributed by atoms with Gasteiger partial charge in [0.25, 0.3) is 0 Å². The number of halogens is 1. The van der Waals surface area contributed by atoms with Gasteiger partial charge in [-0.15, -0.1) is 0 Å². The van der Waals surface area contributed by atoms with Gasteiger partial charge in [0.1, 0.15) is 5.75 Å². The van der Waals surface area contributed by atoms with Crippen molar-refractivity contribution >= 4 is 37.5 Å². The molecule has 2 aromatic carbocycles. The fraction of sp³-hybridized carbons (Fsp3) is 0.350. The molecule has 1 N–H and O–H groups in total. The van der Waals surface area contributed by atoms with E-state index in [-0.39, 0.29) is 18.0 Å². The van der Waals surface area contributed by atoms with Crippen LogP contribution in [0.4, 0.5) is 5.69 Å². The van der Waals surface area contributed by atoms with E-state index in [1.54, 1.807) is 25.3 Å². The maximum atomic E-state index is 13.1. The molecular weight excluding hydrogens is 460 g/mol. The van der Waals surface area contributed by atoms with Gasteiger partial charge in [-0.05, 0) is 61.4 Å². The Hall–Kier alpha value is -1.94. The van der Waals surface area contributed by atoms with Crippen molar-refractivity contribution in [2.24, 2.45) is 0 Å². The fourth-order valence-electron chi connectivity index (χ4n) is 2.65. The Balaban J connectivity index is 2.19. The molecule has 0 atom stereocenters. The van der Waals surface area contributed by atoms with Gasteiger partial charge in [0.15, 0.2) is 0 Å². The second kappa shape index (κ2) is 10.7. The molecule has 0 unspecified atom stereocenters. The van der Waals surface area contributed by atoms with Crippen LogP contribution >= 0.6 is 15.9 Å². The molecule has 0 heterocycles. The van der Waals surface area contributed by atoms with Crippen LogP contribution in [0.3, 0.4) is 0 Å². The predicted octanol–water partition coefficient (Wildman–Crippen LogP) is 3.43. The van der Waals surface area contributed by atoms with Crippen LogP contribution < -0.4 is 10.1 Å². The smallest absolute Gasteiger partial charge is 0.243 e. The zero-order valence-electron chi connectivity index (χ0n) is 16.6. The van der Waals surface area contributed by atoms with Crippen molar-refractivity contribution in [1.82, 2.24) is 4.31 Å². The van der Waals surface area contributed by atoms with E-state index in [1.807, 2.05) is 19.1 Å². The first-order chi connectivity index (χ1) is 13.8. The van der Waals surface area contributed by atoms with Gasteiger partial charge in [-0.3, -0.25) is 4.79 Å². The van der Waals surface area contributed by atoms with E-state index in [9.17, 15) is 13.2 Å². The number of ether oxygens (including phenoxy) is 2. The zero-order chi connectivity index (χ0) is 21.4. The summed E-state index contributed by atoms with van der Waals surface area (Å²) < 4.78 is 38.3. The fourth-order valence-corrected chi connectivity index (χ4v) is 4.33. The van der Waals surface area contributed by atoms with Gasteiger partial charge in [-0.1, -0.05) is 15.9 Å². The molecule has 0 aliphatic heterocycles. The first-order valence-electron chi connectivity index (χ1n) is 8.97. The third-order valence-electron chi connectivity index (χ3n) is 4.21. The Morgan fingerprint density at radius 3 is 2.41 bits per heavy atom. The van der Waals surface area contributed by atoms with Crippen molar-refractivity contribution < 1.29 is 22.7 Å². The monoisotopic (exact) mass is 484 g/mol. The third kappa shape index (κ3) is 6.53. The van der Waals surface area contributed by atoms with Crippen LogP contribution in [-0.4, -0.2) is 52.5 Å². The number of amides is 1. The number of nitrogens with zero attached hydrogens (tertiary/aromatic N) is 1. The lowest BCUT2D eigenvalue weighted by molar-refractivity contribution is -0.116. The summed E-state index contributed by atoms with van der Waals surface area (Å²) >= 11 is 3.41. The summed E-state index contributed by atoms with van der Waals surface area (Å²) in [6.07, 6.45) is 0.469. The highest BCUT2D eigenvalue weighted by molar-refractivity contribution is 9.10. The Morgan fingerprint density at radius 2 is 1.83 bits per heavy atom. The Kier molecular flexibility index (Phi) is 8.63. The van der Waals surface area contributed by atoms with E-state index in [0.717, 1.165) is 14.3 Å². The minimum absolute atomic E-state index is 0.100. The number of hydrogen-bond acceptors (Lipinski definition) is 5. The van der Waals surface area contributed by atoms with Crippen LogP contribution in [0, 0.1) is 6.92 Å². The molecule has 0 aliphatic rings. The number of benzene rings is 2. The highest BCUT2D eigenvalue weighted by Gasteiger charge is 2.26. The number of methoxy groups -OCH3 is 2. The SMILES string of the molecule is COCCCN(CC(=O)Nc1ccc(Br)c(C)c1)S(=O)(=O)c1ccc(OC)cc1. The predicted molar refractivity (Wildman–Crippen MR) is 116 cm³/mol. The number of rotatable bonds is 10. The van der Waals surface area contributed by atoms with E-state index < -0.39 is 15.9 Å². The van der Waals surface area contributed by atoms with Crippen LogP contribution in [0.1, 0.15) is 12.0 Å². The van der Waals surface area contributed by atoms with Crippen LogP contribution in [0.25, 0.3) is 0 Å². The number of carbonyl (C=O) groups is 1. The molecule has 0 saturated carbocycles. The van der Waals surface area contributed by atoms with Crippen molar-refractivity contribution in [2.45, 2.75) is 18.2 Å². The molecule has 29 heavy (non-hydrogen) atoms. The summed E-state index contributed by atoms with van der Waals surface area (Å²) in [7, 11) is -0.800. The summed E-state index contributed by atoms with van der Waals surface area (Å²) in [6, 6.07) is 11.5. The molecule has 0 bridgehead atoms. The minimum atomic E-state index is -3.85. The van der Waals surface area contributed by atoms with Gasteiger partial charge in [-0.2, -0.15) is 4.31 Å². The average molecular weight is 485 g/mol. The molecule has 158 valence electrons. The van der Waals surface area contributed by atoms with E-state index >= 15 is 0 Å². The number of carbonyl (C=O) groups excluding carboxylic acids is 1. The first kappa shape index (κ1) is 23.3.